The first kappa shape index (κ1) is 11.4. The highest BCUT2D eigenvalue weighted by atomic mass is 79.9. The van der Waals surface area contributed by atoms with Gasteiger partial charge in [0.15, 0.2) is 0 Å². The Hall–Kier alpha value is -0.680. The lowest BCUT2D eigenvalue weighted by molar-refractivity contribution is 0.176. The maximum Gasteiger partial charge on any atom is 0.222 e. The van der Waals surface area contributed by atoms with Crippen LogP contribution in [0.5, 0.6) is 0 Å². The Morgan fingerprint density at radius 2 is 2.14 bits per heavy atom. The molecule has 0 spiro atoms. The Balaban J connectivity index is 2.34. The third kappa shape index (κ3) is 4.02. The molecular formula is C9H14BrN3O. The van der Waals surface area contributed by atoms with E-state index in [1.807, 2.05) is 6.92 Å². The van der Waals surface area contributed by atoms with Crippen molar-refractivity contribution < 1.29 is 5.11 Å². The molecule has 0 aliphatic rings. The van der Waals surface area contributed by atoms with Crippen molar-refractivity contribution in [1.82, 2.24) is 9.97 Å². The third-order valence-electron chi connectivity index (χ3n) is 1.74. The van der Waals surface area contributed by atoms with Gasteiger partial charge in [-0.25, -0.2) is 9.97 Å². The number of aromatic nitrogens is 2. The van der Waals surface area contributed by atoms with Gasteiger partial charge in [0.05, 0.1) is 10.6 Å². The van der Waals surface area contributed by atoms with Crippen LogP contribution in [-0.4, -0.2) is 27.7 Å². The lowest BCUT2D eigenvalue weighted by Gasteiger charge is -2.09. The second-order valence-electron chi connectivity index (χ2n) is 3.05. The summed E-state index contributed by atoms with van der Waals surface area (Å²) in [5, 5.41) is 12.4. The molecule has 14 heavy (non-hydrogen) atoms. The summed E-state index contributed by atoms with van der Waals surface area (Å²) in [5.41, 5.74) is 0. The molecule has 78 valence electrons. The molecule has 0 aliphatic carbocycles. The van der Waals surface area contributed by atoms with Gasteiger partial charge in [0.1, 0.15) is 0 Å². The summed E-state index contributed by atoms with van der Waals surface area (Å²) >= 11 is 3.25. The Labute approximate surface area is 91.9 Å². The first-order chi connectivity index (χ1) is 6.72. The zero-order valence-corrected chi connectivity index (χ0v) is 9.66. The van der Waals surface area contributed by atoms with Gasteiger partial charge in [0.2, 0.25) is 5.95 Å². The van der Waals surface area contributed by atoms with Crippen molar-refractivity contribution in [3.63, 3.8) is 0 Å². The van der Waals surface area contributed by atoms with E-state index in [9.17, 15) is 5.11 Å². The molecule has 0 bridgehead atoms. The van der Waals surface area contributed by atoms with Crippen LogP contribution in [0, 0.1) is 0 Å². The number of nitrogens with one attached hydrogen (secondary N) is 1. The molecule has 1 heterocycles. The standard InChI is InChI=1S/C9H14BrN3O/c1-2-3-8(14)6-13-9-11-4-7(10)5-12-9/h4-5,8,14H,2-3,6H2,1H3,(H,11,12,13). The van der Waals surface area contributed by atoms with Crippen molar-refractivity contribution in [3.8, 4) is 0 Å². The molecule has 0 radical (unpaired) electrons. The predicted molar refractivity (Wildman–Crippen MR) is 59.1 cm³/mol. The SMILES string of the molecule is CCCC(O)CNc1ncc(Br)cn1. The van der Waals surface area contributed by atoms with Crippen LogP contribution in [0.3, 0.4) is 0 Å². The van der Waals surface area contributed by atoms with Crippen LogP contribution >= 0.6 is 15.9 Å². The molecule has 0 aromatic carbocycles. The first-order valence-electron chi connectivity index (χ1n) is 4.62. The van der Waals surface area contributed by atoms with Gasteiger partial charge in [-0.15, -0.1) is 0 Å². The lowest BCUT2D eigenvalue weighted by Crippen LogP contribution is -2.20. The quantitative estimate of drug-likeness (QED) is 0.847. The van der Waals surface area contributed by atoms with Gasteiger partial charge >= 0.3 is 0 Å². The number of hydrogen-bond donors (Lipinski definition) is 2. The normalized spacial score (nSPS) is 12.5. The molecule has 1 rings (SSSR count). The molecule has 5 heteroatoms. The minimum atomic E-state index is -0.327. The zero-order valence-electron chi connectivity index (χ0n) is 8.07. The van der Waals surface area contributed by atoms with Crippen LogP contribution in [0.1, 0.15) is 19.8 Å². The minimum absolute atomic E-state index is 0.327. The van der Waals surface area contributed by atoms with Crippen LogP contribution in [-0.2, 0) is 0 Å². The molecular weight excluding hydrogens is 246 g/mol. The van der Waals surface area contributed by atoms with E-state index in [-0.39, 0.29) is 6.10 Å². The molecule has 0 saturated carbocycles. The first-order valence-corrected chi connectivity index (χ1v) is 5.41. The molecule has 1 unspecified atom stereocenters. The van der Waals surface area contributed by atoms with E-state index in [0.717, 1.165) is 17.3 Å². The lowest BCUT2D eigenvalue weighted by atomic mass is 10.2. The average Bonchev–Trinajstić information content (AvgIpc) is 2.17. The summed E-state index contributed by atoms with van der Waals surface area (Å²) < 4.78 is 0.845. The monoisotopic (exact) mass is 259 g/mol. The molecule has 0 saturated heterocycles. The number of hydrogen-bond acceptors (Lipinski definition) is 4. The van der Waals surface area contributed by atoms with Gasteiger partial charge in [-0.1, -0.05) is 13.3 Å². The van der Waals surface area contributed by atoms with Gasteiger partial charge in [-0.05, 0) is 22.4 Å². The van der Waals surface area contributed by atoms with Crippen molar-refractivity contribution in [2.24, 2.45) is 0 Å². The smallest absolute Gasteiger partial charge is 0.222 e. The highest BCUT2D eigenvalue weighted by Gasteiger charge is 2.02. The van der Waals surface area contributed by atoms with Crippen LogP contribution < -0.4 is 5.32 Å². The van der Waals surface area contributed by atoms with E-state index >= 15 is 0 Å². The summed E-state index contributed by atoms with van der Waals surface area (Å²) in [6.45, 7) is 2.54. The van der Waals surface area contributed by atoms with Crippen molar-refractivity contribution >= 4 is 21.9 Å². The Morgan fingerprint density at radius 3 is 2.71 bits per heavy atom. The van der Waals surface area contributed by atoms with Crippen LogP contribution in [0.2, 0.25) is 0 Å². The molecule has 4 nitrogen and oxygen atoms in total. The van der Waals surface area contributed by atoms with Gasteiger partial charge in [0.25, 0.3) is 0 Å². The minimum Gasteiger partial charge on any atom is -0.391 e. The number of rotatable bonds is 5. The Bertz CT molecular complexity index is 265. The fourth-order valence-corrected chi connectivity index (χ4v) is 1.25. The summed E-state index contributed by atoms with van der Waals surface area (Å²) in [4.78, 5) is 8.06. The average molecular weight is 260 g/mol. The van der Waals surface area contributed by atoms with Gasteiger partial charge in [-0.2, -0.15) is 0 Å². The largest absolute Gasteiger partial charge is 0.391 e. The van der Waals surface area contributed by atoms with E-state index in [1.165, 1.54) is 0 Å². The Morgan fingerprint density at radius 1 is 1.50 bits per heavy atom. The predicted octanol–water partition coefficient (Wildman–Crippen LogP) is 1.81. The summed E-state index contributed by atoms with van der Waals surface area (Å²) in [5.74, 6) is 0.545. The van der Waals surface area contributed by atoms with Crippen LogP contribution in [0.25, 0.3) is 0 Å². The van der Waals surface area contributed by atoms with Crippen molar-refractivity contribution in [2.75, 3.05) is 11.9 Å². The number of aliphatic hydroxyl groups is 1. The number of aliphatic hydroxyl groups excluding tert-OH is 1. The second-order valence-corrected chi connectivity index (χ2v) is 3.96. The zero-order chi connectivity index (χ0) is 10.4. The molecule has 0 fully saturated rings. The van der Waals surface area contributed by atoms with E-state index < -0.39 is 0 Å². The van der Waals surface area contributed by atoms with E-state index in [4.69, 9.17) is 0 Å². The number of anilines is 1. The maximum absolute atomic E-state index is 9.44. The highest BCUT2D eigenvalue weighted by molar-refractivity contribution is 9.10. The van der Waals surface area contributed by atoms with Gasteiger partial charge in [-0.3, -0.25) is 0 Å². The molecule has 1 aromatic rings. The molecule has 2 N–H and O–H groups in total. The topological polar surface area (TPSA) is 58.0 Å². The summed E-state index contributed by atoms with van der Waals surface area (Å²) in [6.07, 6.45) is 4.78. The summed E-state index contributed by atoms with van der Waals surface area (Å²) in [6, 6.07) is 0. The van der Waals surface area contributed by atoms with Crippen LogP contribution in [0.4, 0.5) is 5.95 Å². The molecule has 0 aliphatic heterocycles. The number of halogens is 1. The van der Waals surface area contributed by atoms with Crippen LogP contribution in [0.15, 0.2) is 16.9 Å². The van der Waals surface area contributed by atoms with Crippen molar-refractivity contribution in [3.05, 3.63) is 16.9 Å². The Kier molecular flexibility index (Phi) is 4.82. The molecule has 1 aromatic heterocycles. The van der Waals surface area contributed by atoms with Gasteiger partial charge < -0.3 is 10.4 Å². The van der Waals surface area contributed by atoms with Crippen molar-refractivity contribution in [2.45, 2.75) is 25.9 Å². The molecule has 0 amide bonds. The highest BCUT2D eigenvalue weighted by Crippen LogP contribution is 2.07. The maximum atomic E-state index is 9.44. The fraction of sp³-hybridized carbons (Fsp3) is 0.556. The van der Waals surface area contributed by atoms with E-state index in [2.05, 4.69) is 31.2 Å². The third-order valence-corrected chi connectivity index (χ3v) is 2.15. The number of nitrogens with zero attached hydrogens (tertiary/aromatic N) is 2. The van der Waals surface area contributed by atoms with E-state index in [1.54, 1.807) is 12.4 Å². The van der Waals surface area contributed by atoms with E-state index in [0.29, 0.717) is 12.5 Å². The fourth-order valence-electron chi connectivity index (χ4n) is 1.05. The second kappa shape index (κ2) is 5.93. The van der Waals surface area contributed by atoms with Crippen molar-refractivity contribution in [1.29, 1.82) is 0 Å². The van der Waals surface area contributed by atoms with Gasteiger partial charge in [0, 0.05) is 18.9 Å². The molecule has 1 atom stereocenters. The summed E-state index contributed by atoms with van der Waals surface area (Å²) in [7, 11) is 0.